The molecule has 23 heavy (non-hydrogen) atoms. The normalized spacial score (nSPS) is 11.0. The van der Waals surface area contributed by atoms with Crippen LogP contribution >= 0.6 is 11.3 Å². The van der Waals surface area contributed by atoms with Crippen molar-refractivity contribution in [2.45, 2.75) is 0 Å². The largest absolute Gasteiger partial charge is 0.507 e. The van der Waals surface area contributed by atoms with E-state index >= 15 is 0 Å². The summed E-state index contributed by atoms with van der Waals surface area (Å²) in [6.07, 6.45) is 0. The van der Waals surface area contributed by atoms with Crippen molar-refractivity contribution in [2.75, 3.05) is 0 Å². The average molecular weight is 318 g/mol. The topological polar surface area (TPSA) is 40.5 Å². The fourth-order valence-electron chi connectivity index (χ4n) is 2.96. The second kappa shape index (κ2) is 5.45. The van der Waals surface area contributed by atoms with E-state index in [2.05, 4.69) is 6.07 Å². The zero-order valence-electron chi connectivity index (χ0n) is 12.2. The Hall–Kier alpha value is -2.78. The van der Waals surface area contributed by atoms with Crippen molar-refractivity contribution in [3.63, 3.8) is 0 Å². The van der Waals surface area contributed by atoms with Gasteiger partial charge in [0.1, 0.15) is 11.5 Å². The maximum absolute atomic E-state index is 10.4. The molecule has 3 heteroatoms. The third-order valence-electron chi connectivity index (χ3n) is 3.98. The van der Waals surface area contributed by atoms with Crippen molar-refractivity contribution in [3.8, 4) is 33.1 Å². The van der Waals surface area contributed by atoms with Crippen molar-refractivity contribution in [1.29, 1.82) is 0 Å². The fourth-order valence-corrected chi connectivity index (χ4v) is 3.75. The molecule has 4 aromatic rings. The molecule has 3 aromatic carbocycles. The van der Waals surface area contributed by atoms with E-state index < -0.39 is 0 Å². The van der Waals surface area contributed by atoms with Gasteiger partial charge in [-0.1, -0.05) is 48.5 Å². The van der Waals surface area contributed by atoms with Gasteiger partial charge in [0.05, 0.1) is 0 Å². The number of phenols is 2. The van der Waals surface area contributed by atoms with Gasteiger partial charge in [0.15, 0.2) is 0 Å². The van der Waals surface area contributed by atoms with Crippen LogP contribution in [0.15, 0.2) is 72.1 Å². The summed E-state index contributed by atoms with van der Waals surface area (Å²) in [5.41, 5.74) is 2.59. The van der Waals surface area contributed by atoms with E-state index in [1.54, 1.807) is 29.5 Å². The summed E-state index contributed by atoms with van der Waals surface area (Å²) in [5, 5.41) is 24.5. The van der Waals surface area contributed by atoms with Crippen LogP contribution in [0, 0.1) is 0 Å². The molecule has 0 saturated carbocycles. The first-order chi connectivity index (χ1) is 11.3. The predicted molar refractivity (Wildman–Crippen MR) is 96.0 cm³/mol. The van der Waals surface area contributed by atoms with Gasteiger partial charge in [0.25, 0.3) is 0 Å². The summed E-state index contributed by atoms with van der Waals surface area (Å²) in [6, 6.07) is 20.8. The van der Waals surface area contributed by atoms with E-state index in [4.69, 9.17) is 0 Å². The summed E-state index contributed by atoms with van der Waals surface area (Å²) in [7, 11) is 0. The summed E-state index contributed by atoms with van der Waals surface area (Å²) >= 11 is 1.65. The second-order valence-electron chi connectivity index (χ2n) is 5.36. The number of thiophene rings is 1. The Bertz CT molecular complexity index is 988. The Morgan fingerprint density at radius 3 is 2.13 bits per heavy atom. The Balaban J connectivity index is 2.16. The highest BCUT2D eigenvalue weighted by molar-refractivity contribution is 7.13. The fraction of sp³-hybridized carbons (Fsp3) is 0. The van der Waals surface area contributed by atoms with E-state index in [9.17, 15) is 10.2 Å². The Kier molecular flexibility index (Phi) is 3.28. The van der Waals surface area contributed by atoms with Gasteiger partial charge in [-0.3, -0.25) is 0 Å². The minimum atomic E-state index is 0.208. The Morgan fingerprint density at radius 2 is 1.39 bits per heavy atom. The molecule has 2 N–H and O–H groups in total. The molecule has 112 valence electrons. The van der Waals surface area contributed by atoms with E-state index in [1.807, 2.05) is 47.8 Å². The van der Waals surface area contributed by atoms with Crippen LogP contribution in [0.4, 0.5) is 0 Å². The van der Waals surface area contributed by atoms with Gasteiger partial charge < -0.3 is 10.2 Å². The van der Waals surface area contributed by atoms with Crippen LogP contribution in [-0.4, -0.2) is 10.2 Å². The maximum atomic E-state index is 10.4. The van der Waals surface area contributed by atoms with E-state index in [1.165, 1.54) is 0 Å². The quantitative estimate of drug-likeness (QED) is 0.501. The number of fused-ring (bicyclic) bond motifs is 1. The second-order valence-corrected chi connectivity index (χ2v) is 6.31. The molecule has 0 unspecified atom stereocenters. The number of phenolic OH excluding ortho intramolecular Hbond substituents is 2. The average Bonchev–Trinajstić information content (AvgIpc) is 3.09. The molecule has 0 aliphatic carbocycles. The van der Waals surface area contributed by atoms with Crippen LogP contribution in [0.3, 0.4) is 0 Å². The van der Waals surface area contributed by atoms with Crippen LogP contribution in [0.5, 0.6) is 11.5 Å². The molecule has 2 nitrogen and oxygen atoms in total. The third kappa shape index (κ3) is 2.26. The maximum Gasteiger partial charge on any atom is 0.124 e. The molecule has 4 rings (SSSR count). The number of hydrogen-bond acceptors (Lipinski definition) is 3. The molecule has 0 amide bonds. The van der Waals surface area contributed by atoms with Gasteiger partial charge in [-0.15, -0.1) is 11.3 Å². The molecular formula is C20H14O2S. The molecule has 0 aliphatic heterocycles. The number of hydrogen-bond donors (Lipinski definition) is 2. The van der Waals surface area contributed by atoms with E-state index in [0.29, 0.717) is 0 Å². The van der Waals surface area contributed by atoms with Crippen molar-refractivity contribution < 1.29 is 10.2 Å². The molecule has 0 fully saturated rings. The highest BCUT2D eigenvalue weighted by Gasteiger charge is 2.17. The van der Waals surface area contributed by atoms with Crippen LogP contribution in [0.1, 0.15) is 0 Å². The summed E-state index contributed by atoms with van der Waals surface area (Å²) in [6.45, 7) is 0. The number of rotatable bonds is 2. The van der Waals surface area contributed by atoms with E-state index in [-0.39, 0.29) is 11.5 Å². The van der Waals surface area contributed by atoms with Crippen molar-refractivity contribution in [1.82, 2.24) is 0 Å². The highest BCUT2D eigenvalue weighted by atomic mass is 32.1. The van der Waals surface area contributed by atoms with Gasteiger partial charge in [-0.2, -0.15) is 0 Å². The molecule has 1 aromatic heterocycles. The number of para-hydroxylation sites is 1. The predicted octanol–water partition coefficient (Wildman–Crippen LogP) is 5.65. The lowest BCUT2D eigenvalue weighted by molar-refractivity contribution is 0.476. The van der Waals surface area contributed by atoms with Gasteiger partial charge in [0, 0.05) is 21.4 Å². The zero-order valence-corrected chi connectivity index (χ0v) is 13.0. The van der Waals surface area contributed by atoms with Crippen molar-refractivity contribution in [2.24, 2.45) is 0 Å². The SMILES string of the molecule is Oc1ccccc1-c1cc(O)c2ccccc2c1-c1cccs1. The van der Waals surface area contributed by atoms with Crippen LogP contribution in [0.2, 0.25) is 0 Å². The molecule has 1 heterocycles. The molecule has 0 radical (unpaired) electrons. The zero-order chi connectivity index (χ0) is 15.8. The lowest BCUT2D eigenvalue weighted by atomic mass is 9.92. The number of aromatic hydroxyl groups is 2. The summed E-state index contributed by atoms with van der Waals surface area (Å²) in [4.78, 5) is 1.11. The monoisotopic (exact) mass is 318 g/mol. The third-order valence-corrected chi connectivity index (χ3v) is 4.87. The van der Waals surface area contributed by atoms with Gasteiger partial charge in [-0.05, 0) is 34.5 Å². The lowest BCUT2D eigenvalue weighted by Crippen LogP contribution is -1.87. The first kappa shape index (κ1) is 13.9. The smallest absolute Gasteiger partial charge is 0.124 e. The van der Waals surface area contributed by atoms with Gasteiger partial charge in [0.2, 0.25) is 0 Å². The first-order valence-corrected chi connectivity index (χ1v) is 8.20. The Labute approximate surface area is 137 Å². The standard InChI is InChI=1S/C20H14O2S/c21-17-9-4-3-7-14(17)16-12-18(22)13-6-1-2-8-15(13)20(16)19-10-5-11-23-19/h1-12,21-22H. The minimum absolute atomic E-state index is 0.208. The minimum Gasteiger partial charge on any atom is -0.507 e. The molecule has 0 atom stereocenters. The molecular weight excluding hydrogens is 304 g/mol. The van der Waals surface area contributed by atoms with Crippen molar-refractivity contribution in [3.05, 3.63) is 72.1 Å². The van der Waals surface area contributed by atoms with Gasteiger partial charge >= 0.3 is 0 Å². The summed E-state index contributed by atoms with van der Waals surface area (Å²) in [5.74, 6) is 0.430. The molecule has 0 aliphatic rings. The van der Waals surface area contributed by atoms with Gasteiger partial charge in [-0.25, -0.2) is 0 Å². The Morgan fingerprint density at radius 1 is 0.652 bits per heavy atom. The molecule has 0 bridgehead atoms. The van der Waals surface area contributed by atoms with Crippen molar-refractivity contribution >= 4 is 22.1 Å². The molecule has 0 spiro atoms. The van der Waals surface area contributed by atoms with Crippen LogP contribution in [-0.2, 0) is 0 Å². The first-order valence-electron chi connectivity index (χ1n) is 7.32. The lowest BCUT2D eigenvalue weighted by Gasteiger charge is -2.15. The molecule has 0 saturated heterocycles. The number of benzene rings is 3. The highest BCUT2D eigenvalue weighted by Crippen LogP contribution is 2.45. The summed E-state index contributed by atoms with van der Waals surface area (Å²) < 4.78 is 0. The van der Waals surface area contributed by atoms with Crippen LogP contribution < -0.4 is 0 Å². The van der Waals surface area contributed by atoms with E-state index in [0.717, 1.165) is 32.3 Å². The van der Waals surface area contributed by atoms with Crippen LogP contribution in [0.25, 0.3) is 32.3 Å².